The van der Waals surface area contributed by atoms with Crippen LogP contribution in [0.5, 0.6) is 0 Å². The quantitative estimate of drug-likeness (QED) is 0.249. The summed E-state index contributed by atoms with van der Waals surface area (Å²) in [6.45, 7) is 1.43. The van der Waals surface area contributed by atoms with E-state index in [0.717, 1.165) is 22.5 Å². The van der Waals surface area contributed by atoms with Gasteiger partial charge in [-0.2, -0.15) is 0 Å². The van der Waals surface area contributed by atoms with Crippen molar-refractivity contribution in [3.8, 4) is 22.5 Å². The number of carboxylic acids is 2. The Balaban J connectivity index is 0.000000392. The molecule has 7 nitrogen and oxygen atoms in total. The lowest BCUT2D eigenvalue weighted by Crippen LogP contribution is -2.16. The van der Waals surface area contributed by atoms with Crippen LogP contribution in [0.4, 0.5) is 8.78 Å². The number of hydrogen-bond acceptors (Lipinski definition) is 3. The number of hydrogen-bond donors (Lipinski definition) is 4. The van der Waals surface area contributed by atoms with Gasteiger partial charge in [-0.25, -0.2) is 18.4 Å². The van der Waals surface area contributed by atoms with Crippen LogP contribution >= 0.6 is 0 Å². The maximum absolute atomic E-state index is 13.9. The first kappa shape index (κ1) is 26.1. The Labute approximate surface area is 206 Å². The molecule has 9 heteroatoms. The fraction of sp³-hybridized carbons (Fsp3) is 0.111. The van der Waals surface area contributed by atoms with E-state index in [1.165, 1.54) is 12.1 Å². The largest absolute Gasteiger partial charge is 0.478 e. The van der Waals surface area contributed by atoms with Gasteiger partial charge in [0.25, 0.3) is 0 Å². The van der Waals surface area contributed by atoms with Crippen molar-refractivity contribution in [1.29, 1.82) is 0 Å². The average molecular weight is 494 g/mol. The third-order valence-corrected chi connectivity index (χ3v) is 5.09. The first-order chi connectivity index (χ1) is 17.2. The summed E-state index contributed by atoms with van der Waals surface area (Å²) in [6.07, 6.45) is 4.92. The summed E-state index contributed by atoms with van der Waals surface area (Å²) >= 11 is 0. The molecule has 2 heterocycles. The van der Waals surface area contributed by atoms with E-state index >= 15 is 0 Å². The minimum absolute atomic E-state index is 0.239. The molecule has 36 heavy (non-hydrogen) atoms. The van der Waals surface area contributed by atoms with E-state index < -0.39 is 11.9 Å². The number of aliphatic carboxylic acids is 2. The summed E-state index contributed by atoms with van der Waals surface area (Å²) in [5.74, 6) is -2.99. The molecule has 4 N–H and O–H groups in total. The molecular formula is C27H25F2N3O4. The summed E-state index contributed by atoms with van der Waals surface area (Å²) in [5.41, 5.74) is 4.82. The number of rotatable bonds is 8. The predicted molar refractivity (Wildman–Crippen MR) is 132 cm³/mol. The summed E-state index contributed by atoms with van der Waals surface area (Å²) in [6, 6.07) is 17.4. The molecule has 0 amide bonds. The second kappa shape index (κ2) is 12.3. The summed E-state index contributed by atoms with van der Waals surface area (Å²) < 4.78 is 27.9. The molecule has 0 radical (unpaired) electrons. The van der Waals surface area contributed by atoms with Crippen LogP contribution in [0.2, 0.25) is 0 Å². The van der Waals surface area contributed by atoms with Gasteiger partial charge in [0.2, 0.25) is 0 Å². The summed E-state index contributed by atoms with van der Waals surface area (Å²) in [7, 11) is 2.02. The van der Waals surface area contributed by atoms with Crippen molar-refractivity contribution in [1.82, 2.24) is 14.9 Å². The van der Waals surface area contributed by atoms with E-state index in [1.54, 1.807) is 24.3 Å². The van der Waals surface area contributed by atoms with E-state index in [9.17, 15) is 18.4 Å². The average Bonchev–Trinajstić information content (AvgIpc) is 3.48. The maximum atomic E-state index is 13.9. The van der Waals surface area contributed by atoms with Crippen molar-refractivity contribution in [3.63, 3.8) is 0 Å². The number of benzene rings is 2. The van der Waals surface area contributed by atoms with Gasteiger partial charge in [0, 0.05) is 60.1 Å². The number of carboxylic acid groups (broad SMARTS) is 2. The van der Waals surface area contributed by atoms with Gasteiger partial charge in [-0.15, -0.1) is 0 Å². The SMILES string of the molecule is CN(Cc1c[nH]c(-c2ccccc2F)c1)Cc1c[nH]c(-c2ccccc2F)c1.O=C(O)/C=C/C(=O)O. The third kappa shape index (κ3) is 7.51. The number of nitrogens with zero attached hydrogens (tertiary/aromatic N) is 1. The summed E-state index contributed by atoms with van der Waals surface area (Å²) in [4.78, 5) is 27.6. The topological polar surface area (TPSA) is 109 Å². The highest BCUT2D eigenvalue weighted by Crippen LogP contribution is 2.24. The number of H-pyrrole nitrogens is 2. The zero-order valence-corrected chi connectivity index (χ0v) is 19.4. The first-order valence-electron chi connectivity index (χ1n) is 10.9. The van der Waals surface area contributed by atoms with E-state index in [1.807, 2.05) is 43.7 Å². The van der Waals surface area contributed by atoms with Crippen molar-refractivity contribution in [2.75, 3.05) is 7.05 Å². The minimum Gasteiger partial charge on any atom is -0.478 e. The molecule has 0 aliphatic rings. The molecular weight excluding hydrogens is 468 g/mol. The molecule has 0 atom stereocenters. The van der Waals surface area contributed by atoms with Crippen LogP contribution in [-0.2, 0) is 22.7 Å². The Morgan fingerprint density at radius 3 is 1.53 bits per heavy atom. The zero-order valence-electron chi connectivity index (χ0n) is 19.4. The van der Waals surface area contributed by atoms with Crippen LogP contribution in [0.15, 0.2) is 85.2 Å². The van der Waals surface area contributed by atoms with Gasteiger partial charge in [0.1, 0.15) is 11.6 Å². The molecule has 0 spiro atoms. The second-order valence-electron chi connectivity index (χ2n) is 7.98. The van der Waals surface area contributed by atoms with Crippen LogP contribution in [0.3, 0.4) is 0 Å². The second-order valence-corrected chi connectivity index (χ2v) is 7.98. The van der Waals surface area contributed by atoms with Crippen LogP contribution in [0.25, 0.3) is 22.5 Å². The smallest absolute Gasteiger partial charge is 0.328 e. The Bertz CT molecular complexity index is 1260. The van der Waals surface area contributed by atoms with Gasteiger partial charge in [-0.1, -0.05) is 24.3 Å². The lowest BCUT2D eigenvalue weighted by atomic mass is 10.1. The Morgan fingerprint density at radius 1 is 0.778 bits per heavy atom. The van der Waals surface area contributed by atoms with E-state index in [4.69, 9.17) is 10.2 Å². The molecule has 2 aromatic heterocycles. The normalized spacial score (nSPS) is 10.9. The number of nitrogens with one attached hydrogen (secondary N) is 2. The molecule has 0 fully saturated rings. The molecule has 186 valence electrons. The van der Waals surface area contributed by atoms with Crippen molar-refractivity contribution >= 4 is 11.9 Å². The molecule has 0 saturated carbocycles. The highest BCUT2D eigenvalue weighted by atomic mass is 19.1. The number of halogens is 2. The number of aromatic amines is 2. The van der Waals surface area contributed by atoms with Gasteiger partial charge in [-0.3, -0.25) is 4.90 Å². The first-order valence-corrected chi connectivity index (χ1v) is 10.9. The van der Waals surface area contributed by atoms with Crippen molar-refractivity contribution in [2.45, 2.75) is 13.1 Å². The van der Waals surface area contributed by atoms with Crippen LogP contribution < -0.4 is 0 Å². The van der Waals surface area contributed by atoms with Gasteiger partial charge < -0.3 is 20.2 Å². The van der Waals surface area contributed by atoms with Gasteiger partial charge >= 0.3 is 11.9 Å². The van der Waals surface area contributed by atoms with Crippen molar-refractivity contribution < 1.29 is 28.6 Å². The molecule has 0 unspecified atom stereocenters. The van der Waals surface area contributed by atoms with Crippen molar-refractivity contribution in [3.05, 3.63) is 108 Å². The fourth-order valence-corrected chi connectivity index (χ4v) is 3.55. The molecule has 0 bridgehead atoms. The van der Waals surface area contributed by atoms with Gasteiger partial charge in [-0.05, 0) is 54.6 Å². The molecule has 0 saturated heterocycles. The number of carbonyl (C=O) groups is 2. The molecule has 0 aliphatic heterocycles. The third-order valence-electron chi connectivity index (χ3n) is 5.09. The standard InChI is InChI=1S/C23H21F2N3.C4H4O4/c1-28(14-16-10-22(26-12-16)18-6-2-4-8-20(18)24)15-17-11-23(27-13-17)19-7-3-5-9-21(19)25;5-3(6)1-2-4(7)8/h2-13,26-27H,14-15H2,1H3;1-2H,(H,5,6)(H,7,8)/b;2-1+. The van der Waals surface area contributed by atoms with Crippen LogP contribution in [-0.4, -0.2) is 44.1 Å². The van der Waals surface area contributed by atoms with Crippen LogP contribution in [0.1, 0.15) is 11.1 Å². The van der Waals surface area contributed by atoms with E-state index in [-0.39, 0.29) is 11.6 Å². The fourth-order valence-electron chi connectivity index (χ4n) is 3.55. The van der Waals surface area contributed by atoms with E-state index in [2.05, 4.69) is 14.9 Å². The van der Waals surface area contributed by atoms with E-state index in [0.29, 0.717) is 36.4 Å². The highest BCUT2D eigenvalue weighted by molar-refractivity contribution is 5.89. The van der Waals surface area contributed by atoms with Crippen molar-refractivity contribution in [2.24, 2.45) is 0 Å². The monoisotopic (exact) mass is 493 g/mol. The minimum atomic E-state index is -1.26. The molecule has 4 aromatic rings. The van der Waals surface area contributed by atoms with Crippen LogP contribution in [0, 0.1) is 11.6 Å². The Kier molecular flexibility index (Phi) is 8.90. The zero-order chi connectivity index (χ0) is 26.1. The predicted octanol–water partition coefficient (Wildman–Crippen LogP) is 5.30. The molecule has 4 rings (SSSR count). The lowest BCUT2D eigenvalue weighted by Gasteiger charge is -2.14. The maximum Gasteiger partial charge on any atom is 0.328 e. The Morgan fingerprint density at radius 2 is 1.17 bits per heavy atom. The molecule has 2 aromatic carbocycles. The Hall–Kier alpha value is -4.50. The number of aromatic nitrogens is 2. The van der Waals surface area contributed by atoms with Gasteiger partial charge in [0.15, 0.2) is 0 Å². The highest BCUT2D eigenvalue weighted by Gasteiger charge is 2.11. The summed E-state index contributed by atoms with van der Waals surface area (Å²) in [5, 5.41) is 15.6. The van der Waals surface area contributed by atoms with Gasteiger partial charge in [0.05, 0.1) is 0 Å². The molecule has 0 aliphatic carbocycles. The lowest BCUT2D eigenvalue weighted by molar-refractivity contribution is -0.134.